The molecular weight excluding hydrogens is 1030 g/mol. The van der Waals surface area contributed by atoms with Gasteiger partial charge in [0.25, 0.3) is 0 Å². The lowest BCUT2D eigenvalue weighted by Crippen LogP contribution is -2.71. The zero-order valence-corrected chi connectivity index (χ0v) is 41.4. The number of halogens is 6. The number of nitrogens with one attached hydrogen (secondary N) is 2. The maximum atomic E-state index is 14.5. The van der Waals surface area contributed by atoms with Crippen LogP contribution in [0.5, 0.6) is 0 Å². The molecule has 2 saturated heterocycles. The molecule has 3 N–H and O–H groups in total. The van der Waals surface area contributed by atoms with E-state index in [2.05, 4.69) is 0 Å². The quantitative estimate of drug-likeness (QED) is 0.119. The Morgan fingerprint density at radius 3 is 1.72 bits per heavy atom. The van der Waals surface area contributed by atoms with Gasteiger partial charge in [0.2, 0.25) is 0 Å². The van der Waals surface area contributed by atoms with Gasteiger partial charge in [0.05, 0.1) is 0 Å². The molecule has 0 radical (unpaired) electrons. The van der Waals surface area contributed by atoms with Crippen molar-refractivity contribution in [1.82, 2.24) is 10.6 Å². The lowest BCUT2D eigenvalue weighted by atomic mass is 9.46. The van der Waals surface area contributed by atoms with Crippen molar-refractivity contribution in [3.8, 4) is 0 Å². The number of hydrogen-bond acceptors (Lipinski definition) is 20. The molecule has 2 heterocycles. The molecule has 0 bridgehead atoms. The van der Waals surface area contributed by atoms with Crippen LogP contribution in [0.3, 0.4) is 0 Å². The van der Waals surface area contributed by atoms with Crippen molar-refractivity contribution in [2.45, 2.75) is 160 Å². The second kappa shape index (κ2) is 22.0. The van der Waals surface area contributed by atoms with Crippen LogP contribution in [0.2, 0.25) is 0 Å². The first-order chi connectivity index (χ1) is 34.7. The maximum Gasteiger partial charge on any atom is 0.471 e. The zero-order chi connectivity index (χ0) is 55.9. The summed E-state index contributed by atoms with van der Waals surface area (Å²) in [7, 11) is 0. The highest BCUT2D eigenvalue weighted by atomic mass is 19.4. The van der Waals surface area contributed by atoms with Crippen LogP contribution < -0.4 is 10.6 Å². The molecule has 7 unspecified atom stereocenters. The minimum Gasteiger partial charge on any atom is -0.463 e. The highest BCUT2D eigenvalue weighted by molar-refractivity contribution is 6.02. The lowest BCUT2D eigenvalue weighted by Gasteiger charge is -2.56. The van der Waals surface area contributed by atoms with E-state index in [1.54, 1.807) is 13.0 Å². The van der Waals surface area contributed by atoms with Crippen LogP contribution in [0.1, 0.15) is 80.6 Å². The molecule has 28 heteroatoms. The number of esters is 5. The molecule has 0 aromatic carbocycles. The minimum absolute atomic E-state index is 0.222. The van der Waals surface area contributed by atoms with Gasteiger partial charge in [-0.15, -0.1) is 0 Å². The summed E-state index contributed by atoms with van der Waals surface area (Å²) in [6.07, 6.45) is -24.2. The number of rotatable bonds is 15. The largest absolute Gasteiger partial charge is 0.471 e. The number of allylic oxidation sites excluding steroid dienone is 4. The second-order valence-electron chi connectivity index (χ2n) is 19.7. The van der Waals surface area contributed by atoms with Crippen LogP contribution in [0.15, 0.2) is 23.8 Å². The molecular formula is C47H56F6N2O20. The Bertz CT molecular complexity index is 2390. The topological polar surface area (TPSA) is 298 Å². The van der Waals surface area contributed by atoms with Gasteiger partial charge in [0, 0.05) is 57.8 Å². The lowest BCUT2D eigenvalue weighted by molar-refractivity contribution is -0.334. The number of carbonyl (C=O) groups excluding carboxylic acids is 10. The molecule has 0 aromatic rings. The van der Waals surface area contributed by atoms with Crippen LogP contribution in [0.4, 0.5) is 26.3 Å². The van der Waals surface area contributed by atoms with E-state index in [9.17, 15) is 79.4 Å². The molecule has 75 heavy (non-hydrogen) atoms. The Hall–Kier alpha value is -5.84. The highest BCUT2D eigenvalue weighted by Gasteiger charge is 2.69. The summed E-state index contributed by atoms with van der Waals surface area (Å²) < 4.78 is 134. The molecule has 3 saturated carbocycles. The van der Waals surface area contributed by atoms with Crippen molar-refractivity contribution in [3.05, 3.63) is 23.8 Å². The van der Waals surface area contributed by atoms with E-state index in [0.717, 1.165) is 33.3 Å². The smallest absolute Gasteiger partial charge is 0.463 e. The molecule has 2 aliphatic heterocycles. The van der Waals surface area contributed by atoms with E-state index in [4.69, 9.17) is 42.6 Å². The summed E-state index contributed by atoms with van der Waals surface area (Å²) in [5.74, 6) is -14.5. The number of ether oxygens (including phenoxy) is 9. The van der Waals surface area contributed by atoms with Crippen molar-refractivity contribution < 1.29 is 122 Å². The van der Waals surface area contributed by atoms with Crippen LogP contribution in [0, 0.1) is 28.6 Å². The molecule has 4 aliphatic carbocycles. The van der Waals surface area contributed by atoms with E-state index in [1.807, 2.05) is 6.92 Å². The summed E-state index contributed by atoms with van der Waals surface area (Å²) in [6, 6.07) is -4.95. The highest BCUT2D eigenvalue weighted by Crippen LogP contribution is 2.66. The van der Waals surface area contributed by atoms with Gasteiger partial charge in [-0.2, -0.15) is 26.3 Å². The first-order valence-electron chi connectivity index (χ1n) is 23.6. The monoisotopic (exact) mass is 1080 g/mol. The normalized spacial score (nSPS) is 36.3. The van der Waals surface area contributed by atoms with Gasteiger partial charge in [-0.25, -0.2) is 0 Å². The Kier molecular flexibility index (Phi) is 17.2. The fourth-order valence-corrected chi connectivity index (χ4v) is 11.6. The first-order valence-corrected chi connectivity index (χ1v) is 23.6. The summed E-state index contributed by atoms with van der Waals surface area (Å²) in [6.45, 7) is 4.18. The summed E-state index contributed by atoms with van der Waals surface area (Å²) >= 11 is 0. The van der Waals surface area contributed by atoms with Crippen molar-refractivity contribution in [2.75, 3.05) is 19.8 Å². The predicted octanol–water partition coefficient (Wildman–Crippen LogP) is 1.64. The van der Waals surface area contributed by atoms with Gasteiger partial charge in [-0.05, 0) is 49.7 Å². The zero-order valence-electron chi connectivity index (χ0n) is 41.4. The number of aliphatic hydroxyl groups is 1. The number of carbonyl (C=O) groups is 10. The molecule has 6 aliphatic rings. The van der Waals surface area contributed by atoms with Crippen molar-refractivity contribution in [2.24, 2.45) is 28.6 Å². The van der Waals surface area contributed by atoms with Crippen molar-refractivity contribution in [3.63, 3.8) is 0 Å². The molecule has 5 fully saturated rings. The van der Waals surface area contributed by atoms with Gasteiger partial charge < -0.3 is 58.4 Å². The van der Waals surface area contributed by atoms with E-state index in [-0.39, 0.29) is 36.7 Å². The Morgan fingerprint density at radius 1 is 0.707 bits per heavy atom. The maximum absolute atomic E-state index is 14.5. The SMILES string of the molecule is CC(=O)OCC1O[C@@H](O[C@H]2C(COC(C)=O)O[C@@H](OCC(=O)[C@@]3(O)CCC4C5CCC6=CC(=O)C=C[C@]6(C)C5C(=O)C[C@@]43C)C(NC(=O)C(F)(F)F)[C@H]2OC(C)=O)C(NC(=O)C(F)(F)F)[C@@H](OC(C)=O)[C@H]1OC(C)=O. The fourth-order valence-electron chi connectivity index (χ4n) is 11.6. The predicted molar refractivity (Wildman–Crippen MR) is 231 cm³/mol. The van der Waals surface area contributed by atoms with Crippen molar-refractivity contribution >= 4 is 59.0 Å². The number of ketones is 3. The van der Waals surface area contributed by atoms with Crippen LogP contribution in [-0.2, 0) is 90.6 Å². The molecule has 16 atom stereocenters. The average Bonchev–Trinajstić information content (AvgIpc) is 3.56. The van der Waals surface area contributed by atoms with Crippen LogP contribution >= 0.6 is 0 Å². The van der Waals surface area contributed by atoms with E-state index in [0.29, 0.717) is 19.8 Å². The second-order valence-corrected chi connectivity index (χ2v) is 19.7. The Balaban J connectivity index is 1.38. The Labute approximate surface area is 423 Å². The average molecular weight is 1080 g/mol. The number of alkyl halides is 6. The summed E-state index contributed by atoms with van der Waals surface area (Å²) in [5, 5.41) is 15.4. The molecule has 2 amide bonds. The van der Waals surface area contributed by atoms with Crippen LogP contribution in [0.25, 0.3) is 0 Å². The third kappa shape index (κ3) is 12.2. The Morgan fingerprint density at radius 2 is 1.20 bits per heavy atom. The molecule has 0 aromatic heterocycles. The van der Waals surface area contributed by atoms with Gasteiger partial charge >= 0.3 is 54.0 Å². The number of hydrogen-bond donors (Lipinski definition) is 3. The molecule has 416 valence electrons. The van der Waals surface area contributed by atoms with Gasteiger partial charge in [-0.1, -0.05) is 25.5 Å². The first kappa shape index (κ1) is 58.4. The molecule has 6 rings (SSSR count). The third-order valence-electron chi connectivity index (χ3n) is 14.8. The minimum atomic E-state index is -5.73. The van der Waals surface area contributed by atoms with E-state index in [1.165, 1.54) is 22.8 Å². The van der Waals surface area contributed by atoms with Crippen molar-refractivity contribution in [1.29, 1.82) is 0 Å². The summed E-state index contributed by atoms with van der Waals surface area (Å²) in [4.78, 5) is 128. The fraction of sp³-hybridized carbons (Fsp3) is 0.702. The number of fused-ring (bicyclic) bond motifs is 5. The van der Waals surface area contributed by atoms with Gasteiger partial charge in [-0.3, -0.25) is 47.9 Å². The van der Waals surface area contributed by atoms with Gasteiger partial charge in [0.15, 0.2) is 42.5 Å². The third-order valence-corrected chi connectivity index (χ3v) is 14.8. The van der Waals surface area contributed by atoms with Crippen LogP contribution in [-0.4, -0.2) is 163 Å². The van der Waals surface area contributed by atoms with E-state index >= 15 is 0 Å². The standard InChI is InChI=1S/C47H56F6N2O20/c1-19(56)67-16-29-35(70-21(3)58)38(72-23(5)60)34(55-42(65)47(51,52)53)40(74-29)75-36-30(17-68-20(2)57)73-39(33(37(36)71-22(4)59)54-41(64)46(48,49)50)69-18-31(63)45(66)13-11-27-26-9-8-24-14-25(61)10-12-43(24,6)32(26)28(62)15-44(27,45)7/h10,12,14,26-27,29-30,32-40,66H,8-9,11,13,15-18H2,1-7H3,(H,54,64)(H,55,65)/t26?,27?,29?,30?,32?,33?,34?,35-,36-,37+,38+,39+,40-,43-,44-,45-/m0/s1. The number of Topliss-reactive ketones (excluding diaryl/α,β-unsaturated/α-hetero) is 2. The number of amides is 2. The molecule has 0 spiro atoms. The van der Waals surface area contributed by atoms with E-state index < -0.39 is 169 Å². The molecule has 22 nitrogen and oxygen atoms in total. The van der Waals surface area contributed by atoms with Gasteiger partial charge in [0.1, 0.15) is 61.6 Å². The summed E-state index contributed by atoms with van der Waals surface area (Å²) in [5.41, 5.74) is -3.83.